The number of benzene rings is 1. The minimum Gasteiger partial charge on any atom is -0.390 e. The first-order valence-electron chi connectivity index (χ1n) is 5.90. The average Bonchev–Trinajstić information content (AvgIpc) is 2.23. The molecule has 0 aliphatic carbocycles. The Kier molecular flexibility index (Phi) is 6.39. The molecule has 0 radical (unpaired) electrons. The fourth-order valence-corrected chi connectivity index (χ4v) is 2.28. The molecule has 0 aliphatic rings. The van der Waals surface area contributed by atoms with Crippen molar-refractivity contribution in [3.05, 3.63) is 33.8 Å². The molecular weight excluding hydrogens is 271 g/mol. The Balaban J connectivity index is 2.52. The highest BCUT2D eigenvalue weighted by molar-refractivity contribution is 6.34. The Hall–Kier alpha value is -0.320. The first-order chi connectivity index (χ1) is 8.38. The molecule has 2 unspecified atom stereocenters. The van der Waals surface area contributed by atoms with Gasteiger partial charge in [-0.2, -0.15) is 0 Å². The van der Waals surface area contributed by atoms with Crippen LogP contribution in [0, 0.1) is 0 Å². The van der Waals surface area contributed by atoms with Crippen molar-refractivity contribution in [2.75, 3.05) is 27.2 Å². The highest BCUT2D eigenvalue weighted by Crippen LogP contribution is 2.23. The van der Waals surface area contributed by atoms with Gasteiger partial charge in [-0.25, -0.2) is 0 Å². The largest absolute Gasteiger partial charge is 0.390 e. The van der Waals surface area contributed by atoms with Gasteiger partial charge in [0.05, 0.1) is 6.10 Å². The molecule has 102 valence electrons. The number of halogens is 2. The van der Waals surface area contributed by atoms with E-state index < -0.39 is 6.10 Å². The second-order valence-electron chi connectivity index (χ2n) is 4.75. The van der Waals surface area contributed by atoms with Crippen molar-refractivity contribution in [1.82, 2.24) is 10.2 Å². The predicted molar refractivity (Wildman–Crippen MR) is 77.4 cm³/mol. The number of hydrogen-bond acceptors (Lipinski definition) is 3. The predicted octanol–water partition coefficient (Wildman–Crippen LogP) is 2.57. The summed E-state index contributed by atoms with van der Waals surface area (Å²) in [5.74, 6) is 0. The zero-order valence-corrected chi connectivity index (χ0v) is 12.5. The molecule has 0 heterocycles. The molecule has 0 amide bonds. The maximum atomic E-state index is 9.77. The first-order valence-corrected chi connectivity index (χ1v) is 6.66. The number of hydrogen-bond donors (Lipinski definition) is 2. The van der Waals surface area contributed by atoms with Gasteiger partial charge < -0.3 is 15.3 Å². The highest BCUT2D eigenvalue weighted by Gasteiger charge is 2.10. The van der Waals surface area contributed by atoms with Gasteiger partial charge >= 0.3 is 0 Å². The zero-order chi connectivity index (χ0) is 13.7. The quantitative estimate of drug-likeness (QED) is 0.845. The van der Waals surface area contributed by atoms with Gasteiger partial charge in [-0.05, 0) is 44.8 Å². The van der Waals surface area contributed by atoms with Crippen LogP contribution in [0.3, 0.4) is 0 Å². The molecule has 2 atom stereocenters. The van der Waals surface area contributed by atoms with Gasteiger partial charge in [-0.3, -0.25) is 0 Å². The van der Waals surface area contributed by atoms with Crippen molar-refractivity contribution in [1.29, 1.82) is 0 Å². The molecule has 18 heavy (non-hydrogen) atoms. The molecular formula is C13H20Cl2N2O. The second kappa shape index (κ2) is 7.31. The van der Waals surface area contributed by atoms with Crippen LogP contribution in [0.4, 0.5) is 0 Å². The van der Waals surface area contributed by atoms with Crippen molar-refractivity contribution < 1.29 is 5.11 Å². The summed E-state index contributed by atoms with van der Waals surface area (Å²) in [6.07, 6.45) is -0.392. The van der Waals surface area contributed by atoms with Crippen LogP contribution >= 0.6 is 23.2 Å². The molecule has 1 aromatic carbocycles. The van der Waals surface area contributed by atoms with Crippen LogP contribution in [0.15, 0.2) is 18.2 Å². The van der Waals surface area contributed by atoms with E-state index in [1.165, 1.54) is 0 Å². The SMILES string of the molecule is CC(NCC(O)CN(C)C)c1cc(Cl)cc(Cl)c1. The third kappa shape index (κ3) is 5.55. The molecule has 0 spiro atoms. The van der Waals surface area contributed by atoms with Gasteiger partial charge in [0.15, 0.2) is 0 Å². The Labute approximate surface area is 119 Å². The van der Waals surface area contributed by atoms with E-state index in [-0.39, 0.29) is 6.04 Å². The van der Waals surface area contributed by atoms with E-state index >= 15 is 0 Å². The van der Waals surface area contributed by atoms with Crippen LogP contribution in [-0.2, 0) is 0 Å². The third-order valence-corrected chi connectivity index (χ3v) is 3.06. The lowest BCUT2D eigenvalue weighted by Crippen LogP contribution is -2.36. The van der Waals surface area contributed by atoms with Crippen LogP contribution in [0.2, 0.25) is 10.0 Å². The molecule has 5 heteroatoms. The van der Waals surface area contributed by atoms with E-state index in [4.69, 9.17) is 23.2 Å². The summed E-state index contributed by atoms with van der Waals surface area (Å²) in [5.41, 5.74) is 1.02. The smallest absolute Gasteiger partial charge is 0.0791 e. The maximum Gasteiger partial charge on any atom is 0.0791 e. The van der Waals surface area contributed by atoms with Crippen molar-refractivity contribution in [2.45, 2.75) is 19.1 Å². The Morgan fingerprint density at radius 2 is 1.78 bits per heavy atom. The van der Waals surface area contributed by atoms with E-state index in [1.807, 2.05) is 38.1 Å². The number of aliphatic hydroxyl groups is 1. The molecule has 3 nitrogen and oxygen atoms in total. The minimum absolute atomic E-state index is 0.0954. The summed E-state index contributed by atoms with van der Waals surface area (Å²) in [4.78, 5) is 1.95. The second-order valence-corrected chi connectivity index (χ2v) is 5.62. The molecule has 0 aromatic heterocycles. The van der Waals surface area contributed by atoms with E-state index in [9.17, 15) is 5.11 Å². The van der Waals surface area contributed by atoms with Crippen LogP contribution in [0.1, 0.15) is 18.5 Å². The lowest BCUT2D eigenvalue weighted by atomic mass is 10.1. The zero-order valence-electron chi connectivity index (χ0n) is 11.0. The number of likely N-dealkylation sites (N-methyl/N-ethyl adjacent to an activating group) is 1. The third-order valence-electron chi connectivity index (χ3n) is 2.62. The molecule has 0 bridgehead atoms. The van der Waals surface area contributed by atoms with E-state index in [1.54, 1.807) is 6.07 Å². The topological polar surface area (TPSA) is 35.5 Å². The molecule has 2 N–H and O–H groups in total. The minimum atomic E-state index is -0.392. The first kappa shape index (κ1) is 15.7. The molecule has 0 fully saturated rings. The van der Waals surface area contributed by atoms with Gasteiger partial charge in [-0.15, -0.1) is 0 Å². The fourth-order valence-electron chi connectivity index (χ4n) is 1.74. The van der Waals surface area contributed by atoms with Crippen LogP contribution in [-0.4, -0.2) is 43.3 Å². The highest BCUT2D eigenvalue weighted by atomic mass is 35.5. The Bertz CT molecular complexity index is 365. The van der Waals surface area contributed by atoms with E-state index in [0.29, 0.717) is 23.1 Å². The van der Waals surface area contributed by atoms with Gasteiger partial charge in [0.1, 0.15) is 0 Å². The number of rotatable bonds is 6. The summed E-state index contributed by atoms with van der Waals surface area (Å²) in [6, 6.07) is 5.56. The number of nitrogens with one attached hydrogen (secondary N) is 1. The standard InChI is InChI=1S/C13H20Cl2N2O/c1-9(16-7-13(18)8-17(2)3)10-4-11(14)6-12(15)5-10/h4-6,9,13,16,18H,7-8H2,1-3H3. The van der Waals surface area contributed by atoms with Crippen molar-refractivity contribution >= 4 is 23.2 Å². The summed E-state index contributed by atoms with van der Waals surface area (Å²) in [7, 11) is 3.87. The van der Waals surface area contributed by atoms with Crippen molar-refractivity contribution in [3.8, 4) is 0 Å². The summed E-state index contributed by atoms with van der Waals surface area (Å²) in [5, 5.41) is 14.3. The monoisotopic (exact) mass is 290 g/mol. The normalized spacial score (nSPS) is 14.8. The summed E-state index contributed by atoms with van der Waals surface area (Å²) >= 11 is 11.9. The molecule has 0 aliphatic heterocycles. The van der Waals surface area contributed by atoms with Gasteiger partial charge in [-0.1, -0.05) is 23.2 Å². The number of nitrogens with zero attached hydrogens (tertiary/aromatic N) is 1. The van der Waals surface area contributed by atoms with Crippen molar-refractivity contribution in [2.24, 2.45) is 0 Å². The maximum absolute atomic E-state index is 9.77. The van der Waals surface area contributed by atoms with Crippen molar-refractivity contribution in [3.63, 3.8) is 0 Å². The van der Waals surface area contributed by atoms with Gasteiger partial charge in [0, 0.05) is 29.2 Å². The van der Waals surface area contributed by atoms with E-state index in [0.717, 1.165) is 5.56 Å². The molecule has 1 rings (SSSR count). The number of aliphatic hydroxyl groups excluding tert-OH is 1. The lowest BCUT2D eigenvalue weighted by Gasteiger charge is -2.20. The lowest BCUT2D eigenvalue weighted by molar-refractivity contribution is 0.132. The fraction of sp³-hybridized carbons (Fsp3) is 0.538. The van der Waals surface area contributed by atoms with Gasteiger partial charge in [0.2, 0.25) is 0 Å². The van der Waals surface area contributed by atoms with Crippen LogP contribution in [0.5, 0.6) is 0 Å². The molecule has 0 saturated heterocycles. The summed E-state index contributed by atoms with van der Waals surface area (Å²) in [6.45, 7) is 3.18. The Morgan fingerprint density at radius 3 is 2.28 bits per heavy atom. The van der Waals surface area contributed by atoms with Crippen LogP contribution in [0.25, 0.3) is 0 Å². The average molecular weight is 291 g/mol. The molecule has 0 saturated carbocycles. The summed E-state index contributed by atoms with van der Waals surface area (Å²) < 4.78 is 0. The van der Waals surface area contributed by atoms with Crippen LogP contribution < -0.4 is 5.32 Å². The Morgan fingerprint density at radius 1 is 1.22 bits per heavy atom. The molecule has 1 aromatic rings. The van der Waals surface area contributed by atoms with Gasteiger partial charge in [0.25, 0.3) is 0 Å². The van der Waals surface area contributed by atoms with E-state index in [2.05, 4.69) is 5.32 Å².